The highest BCUT2D eigenvalue weighted by molar-refractivity contribution is 6.30. The largest absolute Gasteiger partial charge is 0.465 e. The number of aromatic nitrogens is 4. The van der Waals surface area contributed by atoms with E-state index in [-0.39, 0.29) is 24.7 Å². The number of carbonyl (C=O) groups excluding carboxylic acids is 2. The number of likely N-dealkylation sites (tertiary alicyclic amines) is 1. The first-order valence-corrected chi connectivity index (χ1v) is 12.3. The SMILES string of the molecule is CCOC(=O)CN1CCC(CO)(NC(=O)c2cc(-c3ccc(Cl)cc3)nn(-c3cnn(C)c3)c2=O)CC1. The maximum Gasteiger partial charge on any atom is 0.320 e. The number of ether oxygens (including phenoxy) is 1. The molecule has 2 N–H and O–H groups in total. The summed E-state index contributed by atoms with van der Waals surface area (Å²) in [6, 6.07) is 8.33. The third-order valence-corrected chi connectivity index (χ3v) is 6.64. The van der Waals surface area contributed by atoms with Crippen molar-refractivity contribution in [1.82, 2.24) is 29.8 Å². The van der Waals surface area contributed by atoms with Crippen LogP contribution in [-0.4, -0.2) is 79.8 Å². The maximum atomic E-state index is 13.5. The molecule has 37 heavy (non-hydrogen) atoms. The summed E-state index contributed by atoms with van der Waals surface area (Å²) in [5.41, 5.74) is -0.201. The Morgan fingerprint density at radius 2 is 1.92 bits per heavy atom. The van der Waals surface area contributed by atoms with Gasteiger partial charge in [0.1, 0.15) is 11.3 Å². The fourth-order valence-corrected chi connectivity index (χ4v) is 4.40. The van der Waals surface area contributed by atoms with Gasteiger partial charge in [0, 0.05) is 30.7 Å². The van der Waals surface area contributed by atoms with Crippen molar-refractivity contribution < 1.29 is 19.4 Å². The molecule has 1 amide bonds. The van der Waals surface area contributed by atoms with E-state index < -0.39 is 17.0 Å². The van der Waals surface area contributed by atoms with Crippen LogP contribution in [0.3, 0.4) is 0 Å². The van der Waals surface area contributed by atoms with Crippen molar-refractivity contribution in [3.8, 4) is 16.9 Å². The number of amides is 1. The highest BCUT2D eigenvalue weighted by atomic mass is 35.5. The molecule has 4 rings (SSSR count). The van der Waals surface area contributed by atoms with Gasteiger partial charge < -0.3 is 15.2 Å². The van der Waals surface area contributed by atoms with Crippen LogP contribution in [0.1, 0.15) is 30.1 Å². The summed E-state index contributed by atoms with van der Waals surface area (Å²) in [5.74, 6) is -0.932. The molecule has 1 saturated heterocycles. The minimum absolute atomic E-state index is 0.120. The smallest absolute Gasteiger partial charge is 0.320 e. The fourth-order valence-electron chi connectivity index (χ4n) is 4.27. The molecule has 0 aliphatic carbocycles. The fraction of sp³-hybridized carbons (Fsp3) is 0.400. The maximum absolute atomic E-state index is 13.5. The van der Waals surface area contributed by atoms with Crippen LogP contribution in [0.2, 0.25) is 5.02 Å². The molecule has 1 fully saturated rings. The Kier molecular flexibility index (Phi) is 8.06. The molecular formula is C25H29ClN6O5. The minimum atomic E-state index is -0.933. The van der Waals surface area contributed by atoms with E-state index in [0.29, 0.717) is 54.5 Å². The molecule has 0 spiro atoms. The van der Waals surface area contributed by atoms with Crippen molar-refractivity contribution in [2.24, 2.45) is 7.05 Å². The number of hydrogen-bond donors (Lipinski definition) is 2. The van der Waals surface area contributed by atoms with E-state index in [0.717, 1.165) is 4.68 Å². The Hall–Kier alpha value is -3.54. The minimum Gasteiger partial charge on any atom is -0.465 e. The van der Waals surface area contributed by atoms with E-state index in [1.54, 1.807) is 44.4 Å². The van der Waals surface area contributed by atoms with E-state index in [4.69, 9.17) is 16.3 Å². The number of nitrogens with one attached hydrogen (secondary N) is 1. The number of nitrogens with zero attached hydrogens (tertiary/aromatic N) is 5. The van der Waals surface area contributed by atoms with Gasteiger partial charge in [-0.05, 0) is 38.0 Å². The highest BCUT2D eigenvalue weighted by Gasteiger charge is 2.37. The molecule has 0 saturated carbocycles. The van der Waals surface area contributed by atoms with Crippen LogP contribution in [0.5, 0.6) is 0 Å². The number of aryl methyl sites for hydroxylation is 1. The lowest BCUT2D eigenvalue weighted by Crippen LogP contribution is -2.58. The summed E-state index contributed by atoms with van der Waals surface area (Å²) in [6.07, 6.45) is 3.91. The van der Waals surface area contributed by atoms with Crippen LogP contribution >= 0.6 is 11.6 Å². The number of hydrogen-bond acceptors (Lipinski definition) is 8. The molecule has 3 aromatic rings. The number of aliphatic hydroxyl groups excluding tert-OH is 1. The lowest BCUT2D eigenvalue weighted by atomic mass is 9.88. The molecule has 3 heterocycles. The van der Waals surface area contributed by atoms with Crippen LogP contribution in [-0.2, 0) is 16.6 Å². The standard InChI is InChI=1S/C25H29ClN6O5/c1-3-37-22(34)15-31-10-8-25(16-33,9-11-31)28-23(35)20-12-21(17-4-6-18(26)7-5-17)29-32(24(20)36)19-13-27-30(2)14-19/h4-7,12-14,33H,3,8-11,15-16H2,1-2H3,(H,28,35). The molecule has 196 valence electrons. The van der Waals surface area contributed by atoms with Gasteiger partial charge in [-0.1, -0.05) is 23.7 Å². The number of carbonyl (C=O) groups is 2. The summed E-state index contributed by atoms with van der Waals surface area (Å²) in [5, 5.41) is 22.2. The summed E-state index contributed by atoms with van der Waals surface area (Å²) in [4.78, 5) is 40.6. The number of rotatable bonds is 8. The Balaban J connectivity index is 1.63. The Morgan fingerprint density at radius 3 is 2.51 bits per heavy atom. The van der Waals surface area contributed by atoms with E-state index in [1.165, 1.54) is 16.9 Å². The molecular weight excluding hydrogens is 500 g/mol. The van der Waals surface area contributed by atoms with Gasteiger partial charge in [-0.3, -0.25) is 24.0 Å². The number of benzene rings is 1. The zero-order valence-electron chi connectivity index (χ0n) is 20.7. The van der Waals surface area contributed by atoms with Crippen molar-refractivity contribution >= 4 is 23.5 Å². The van der Waals surface area contributed by atoms with Gasteiger partial charge in [-0.25, -0.2) is 0 Å². The first-order valence-electron chi connectivity index (χ1n) is 11.9. The van der Waals surface area contributed by atoms with Gasteiger partial charge in [0.25, 0.3) is 11.5 Å². The third kappa shape index (κ3) is 6.07. The summed E-state index contributed by atoms with van der Waals surface area (Å²) in [6.45, 7) is 2.85. The quantitative estimate of drug-likeness (QED) is 0.419. The average molecular weight is 529 g/mol. The molecule has 2 aromatic heterocycles. The van der Waals surface area contributed by atoms with E-state index in [2.05, 4.69) is 15.5 Å². The van der Waals surface area contributed by atoms with Crippen molar-refractivity contribution in [2.75, 3.05) is 32.8 Å². The van der Waals surface area contributed by atoms with Crippen LogP contribution in [0.4, 0.5) is 0 Å². The number of aliphatic hydroxyl groups is 1. The molecule has 0 atom stereocenters. The van der Waals surface area contributed by atoms with Crippen LogP contribution in [0.25, 0.3) is 16.9 Å². The van der Waals surface area contributed by atoms with Gasteiger partial charge in [0.05, 0.1) is 43.4 Å². The number of esters is 1. The summed E-state index contributed by atoms with van der Waals surface area (Å²) in [7, 11) is 1.71. The van der Waals surface area contributed by atoms with Crippen molar-refractivity contribution in [1.29, 1.82) is 0 Å². The lowest BCUT2D eigenvalue weighted by molar-refractivity contribution is -0.144. The molecule has 0 radical (unpaired) electrons. The van der Waals surface area contributed by atoms with Crippen molar-refractivity contribution in [3.05, 3.63) is 63.7 Å². The first-order chi connectivity index (χ1) is 17.7. The molecule has 0 unspecified atom stereocenters. The third-order valence-electron chi connectivity index (χ3n) is 6.38. The molecule has 1 aliphatic heterocycles. The van der Waals surface area contributed by atoms with Gasteiger partial charge in [0.15, 0.2) is 0 Å². The second-order valence-corrected chi connectivity index (χ2v) is 9.45. The van der Waals surface area contributed by atoms with Crippen LogP contribution in [0.15, 0.2) is 47.5 Å². The predicted molar refractivity (Wildman–Crippen MR) is 137 cm³/mol. The Morgan fingerprint density at radius 1 is 1.22 bits per heavy atom. The van der Waals surface area contributed by atoms with E-state index in [1.807, 2.05) is 4.90 Å². The average Bonchev–Trinajstić information content (AvgIpc) is 3.32. The number of halogens is 1. The molecule has 12 heteroatoms. The monoisotopic (exact) mass is 528 g/mol. The topological polar surface area (TPSA) is 132 Å². The second-order valence-electron chi connectivity index (χ2n) is 9.01. The van der Waals surface area contributed by atoms with Crippen molar-refractivity contribution in [2.45, 2.75) is 25.3 Å². The predicted octanol–water partition coefficient (Wildman–Crippen LogP) is 1.41. The Bertz CT molecular complexity index is 1330. The van der Waals surface area contributed by atoms with Crippen LogP contribution < -0.4 is 10.9 Å². The molecule has 11 nitrogen and oxygen atoms in total. The number of piperidine rings is 1. The van der Waals surface area contributed by atoms with Gasteiger partial charge in [-0.2, -0.15) is 14.9 Å². The first kappa shape index (κ1) is 26.5. The van der Waals surface area contributed by atoms with E-state index in [9.17, 15) is 19.5 Å². The normalized spacial score (nSPS) is 15.4. The van der Waals surface area contributed by atoms with Gasteiger partial charge in [0.2, 0.25) is 0 Å². The highest BCUT2D eigenvalue weighted by Crippen LogP contribution is 2.24. The molecule has 0 bridgehead atoms. The zero-order chi connectivity index (χ0) is 26.6. The molecule has 1 aromatic carbocycles. The van der Waals surface area contributed by atoms with Gasteiger partial charge >= 0.3 is 5.97 Å². The Labute approximate surface area is 218 Å². The summed E-state index contributed by atoms with van der Waals surface area (Å²) >= 11 is 6.03. The van der Waals surface area contributed by atoms with Crippen LogP contribution in [0, 0.1) is 0 Å². The van der Waals surface area contributed by atoms with Crippen molar-refractivity contribution in [3.63, 3.8) is 0 Å². The van der Waals surface area contributed by atoms with E-state index >= 15 is 0 Å². The lowest BCUT2D eigenvalue weighted by Gasteiger charge is -2.40. The zero-order valence-corrected chi connectivity index (χ0v) is 21.4. The summed E-state index contributed by atoms with van der Waals surface area (Å²) < 4.78 is 7.67. The molecule has 1 aliphatic rings. The van der Waals surface area contributed by atoms with Gasteiger partial charge in [-0.15, -0.1) is 0 Å². The second kappa shape index (κ2) is 11.2.